The minimum atomic E-state index is -4.31. The van der Waals surface area contributed by atoms with Crippen molar-refractivity contribution in [1.82, 2.24) is 0 Å². The lowest BCUT2D eigenvalue weighted by molar-refractivity contribution is -0.145. The van der Waals surface area contributed by atoms with Crippen LogP contribution in [0.5, 0.6) is 5.75 Å². The Hall–Kier alpha value is -1.57. The van der Waals surface area contributed by atoms with E-state index >= 15 is 0 Å². The van der Waals surface area contributed by atoms with Crippen molar-refractivity contribution < 1.29 is 27.4 Å². The third-order valence-electron chi connectivity index (χ3n) is 1.85. The molecule has 1 rings (SSSR count). The Morgan fingerprint density at radius 3 is 2.47 bits per heavy atom. The summed E-state index contributed by atoms with van der Waals surface area (Å²) >= 11 is -0.240. The molecular weight excluding hydrogens is 283 g/mol. The number of rotatable bonds is 6. The first-order chi connectivity index (χ1) is 8.87. The highest BCUT2D eigenvalue weighted by Crippen LogP contribution is 2.29. The van der Waals surface area contributed by atoms with Crippen molar-refractivity contribution in [3.05, 3.63) is 24.3 Å². The normalized spacial score (nSPS) is 11.1. The molecular formula is C11H12F3NO3S. The SMILES string of the molecule is Nc1ccc(OCC(=O)OCCSC(F)(F)F)cc1. The lowest BCUT2D eigenvalue weighted by atomic mass is 10.3. The number of benzene rings is 1. The molecule has 8 heteroatoms. The van der Waals surface area contributed by atoms with Gasteiger partial charge in [-0.2, -0.15) is 13.2 Å². The Bertz CT molecular complexity index is 409. The number of nitrogens with two attached hydrogens (primary N) is 1. The Kier molecular flexibility index (Phi) is 5.81. The molecule has 0 atom stereocenters. The van der Waals surface area contributed by atoms with Crippen LogP contribution in [0.3, 0.4) is 0 Å². The van der Waals surface area contributed by atoms with Crippen LogP contribution in [0.25, 0.3) is 0 Å². The first-order valence-electron chi connectivity index (χ1n) is 5.21. The van der Waals surface area contributed by atoms with Crippen molar-refractivity contribution in [2.24, 2.45) is 0 Å². The molecule has 2 N–H and O–H groups in total. The molecule has 0 heterocycles. The number of carbonyl (C=O) groups is 1. The Balaban J connectivity index is 2.16. The molecule has 1 aromatic rings. The second-order valence-corrected chi connectivity index (χ2v) is 4.53. The van der Waals surface area contributed by atoms with Crippen LogP contribution in [-0.2, 0) is 9.53 Å². The molecule has 0 saturated carbocycles. The molecule has 0 aliphatic heterocycles. The van der Waals surface area contributed by atoms with Gasteiger partial charge >= 0.3 is 11.5 Å². The molecule has 0 fully saturated rings. The summed E-state index contributed by atoms with van der Waals surface area (Å²) < 4.78 is 44.9. The zero-order valence-electron chi connectivity index (χ0n) is 9.77. The quantitative estimate of drug-likeness (QED) is 0.496. The maximum absolute atomic E-state index is 11.8. The fraction of sp³-hybridized carbons (Fsp3) is 0.364. The largest absolute Gasteiger partial charge is 0.482 e. The summed E-state index contributed by atoms with van der Waals surface area (Å²) in [6.45, 7) is -0.672. The summed E-state index contributed by atoms with van der Waals surface area (Å²) in [5, 5.41) is 0. The van der Waals surface area contributed by atoms with E-state index in [1.54, 1.807) is 24.3 Å². The molecule has 0 spiro atoms. The van der Waals surface area contributed by atoms with Crippen LogP contribution in [0.2, 0.25) is 0 Å². The Morgan fingerprint density at radius 1 is 1.26 bits per heavy atom. The molecule has 0 aliphatic carbocycles. The minimum Gasteiger partial charge on any atom is -0.482 e. The van der Waals surface area contributed by atoms with Crippen LogP contribution in [0.1, 0.15) is 0 Å². The van der Waals surface area contributed by atoms with E-state index in [1.807, 2.05) is 0 Å². The van der Waals surface area contributed by atoms with Gasteiger partial charge in [-0.1, -0.05) is 0 Å². The first kappa shape index (κ1) is 15.5. The number of thioether (sulfide) groups is 1. The highest BCUT2D eigenvalue weighted by atomic mass is 32.2. The fourth-order valence-electron chi connectivity index (χ4n) is 1.06. The van der Waals surface area contributed by atoms with Crippen LogP contribution < -0.4 is 10.5 Å². The molecule has 0 aromatic heterocycles. The van der Waals surface area contributed by atoms with Crippen molar-refractivity contribution >= 4 is 23.4 Å². The van der Waals surface area contributed by atoms with E-state index < -0.39 is 11.5 Å². The second kappa shape index (κ2) is 7.13. The Morgan fingerprint density at radius 2 is 1.89 bits per heavy atom. The van der Waals surface area contributed by atoms with Gasteiger partial charge < -0.3 is 15.2 Å². The minimum absolute atomic E-state index is 0.240. The molecule has 106 valence electrons. The summed E-state index contributed by atoms with van der Waals surface area (Å²) in [5.41, 5.74) is 1.70. The van der Waals surface area contributed by atoms with Gasteiger partial charge in [0.25, 0.3) is 0 Å². The van der Waals surface area contributed by atoms with Crippen molar-refractivity contribution in [1.29, 1.82) is 0 Å². The maximum Gasteiger partial charge on any atom is 0.441 e. The number of anilines is 1. The summed E-state index contributed by atoms with van der Waals surface area (Å²) in [4.78, 5) is 11.1. The van der Waals surface area contributed by atoms with Gasteiger partial charge in [0, 0.05) is 11.4 Å². The zero-order chi connectivity index (χ0) is 14.3. The van der Waals surface area contributed by atoms with Gasteiger partial charge in [0.2, 0.25) is 0 Å². The topological polar surface area (TPSA) is 61.5 Å². The smallest absolute Gasteiger partial charge is 0.441 e. The number of hydrogen-bond donors (Lipinski definition) is 1. The predicted molar refractivity (Wildman–Crippen MR) is 65.8 cm³/mol. The van der Waals surface area contributed by atoms with Crippen LogP contribution in [0.4, 0.5) is 18.9 Å². The van der Waals surface area contributed by atoms with E-state index in [4.69, 9.17) is 10.5 Å². The standard InChI is InChI=1S/C11H12F3NO3S/c12-11(13,14)19-6-5-17-10(16)7-18-9-3-1-8(15)2-4-9/h1-4H,5-7,15H2. The molecule has 0 unspecified atom stereocenters. The van der Waals surface area contributed by atoms with Gasteiger partial charge in [-0.3, -0.25) is 0 Å². The van der Waals surface area contributed by atoms with E-state index in [9.17, 15) is 18.0 Å². The van der Waals surface area contributed by atoms with E-state index in [0.29, 0.717) is 11.4 Å². The third-order valence-corrected chi connectivity index (χ3v) is 2.55. The number of hydrogen-bond acceptors (Lipinski definition) is 5. The van der Waals surface area contributed by atoms with E-state index in [2.05, 4.69) is 4.74 Å². The van der Waals surface area contributed by atoms with Gasteiger partial charge in [0.1, 0.15) is 12.4 Å². The molecule has 0 amide bonds. The zero-order valence-corrected chi connectivity index (χ0v) is 10.6. The number of halogens is 3. The summed E-state index contributed by atoms with van der Waals surface area (Å²) in [5.74, 6) is -0.632. The van der Waals surface area contributed by atoms with Crippen LogP contribution in [0.15, 0.2) is 24.3 Å². The van der Waals surface area contributed by atoms with E-state index in [1.165, 1.54) is 0 Å². The van der Waals surface area contributed by atoms with Crippen molar-refractivity contribution in [2.45, 2.75) is 5.51 Å². The van der Waals surface area contributed by atoms with Gasteiger partial charge in [-0.25, -0.2) is 4.79 Å². The predicted octanol–water partition coefficient (Wildman–Crippen LogP) is 2.44. The maximum atomic E-state index is 11.8. The average molecular weight is 295 g/mol. The molecule has 0 radical (unpaired) electrons. The molecule has 0 bridgehead atoms. The van der Waals surface area contributed by atoms with E-state index in [0.717, 1.165) is 0 Å². The molecule has 19 heavy (non-hydrogen) atoms. The molecule has 4 nitrogen and oxygen atoms in total. The van der Waals surface area contributed by atoms with Crippen LogP contribution in [-0.4, -0.2) is 30.4 Å². The van der Waals surface area contributed by atoms with Crippen molar-refractivity contribution in [2.75, 3.05) is 24.7 Å². The number of ether oxygens (including phenoxy) is 2. The fourth-order valence-corrected chi connectivity index (χ4v) is 1.46. The highest BCUT2D eigenvalue weighted by Gasteiger charge is 2.27. The Labute approximate surface area is 112 Å². The van der Waals surface area contributed by atoms with Crippen LogP contribution >= 0.6 is 11.8 Å². The van der Waals surface area contributed by atoms with Gasteiger partial charge in [0.15, 0.2) is 6.61 Å². The highest BCUT2D eigenvalue weighted by molar-refractivity contribution is 8.00. The number of esters is 1. The van der Waals surface area contributed by atoms with Crippen LogP contribution in [0, 0.1) is 0 Å². The summed E-state index contributed by atoms with van der Waals surface area (Å²) in [6.07, 6.45) is 0. The third kappa shape index (κ3) is 7.45. The summed E-state index contributed by atoms with van der Waals surface area (Å²) in [6, 6.07) is 6.34. The first-order valence-corrected chi connectivity index (χ1v) is 6.20. The number of nitrogen functional groups attached to an aromatic ring is 1. The molecule has 0 saturated heterocycles. The lowest BCUT2D eigenvalue weighted by Gasteiger charge is -2.08. The van der Waals surface area contributed by atoms with Crippen molar-refractivity contribution in [3.63, 3.8) is 0 Å². The number of carbonyl (C=O) groups excluding carboxylic acids is 1. The van der Waals surface area contributed by atoms with Gasteiger partial charge in [0.05, 0.1) is 0 Å². The molecule has 0 aliphatic rings. The van der Waals surface area contributed by atoms with Gasteiger partial charge in [-0.05, 0) is 36.0 Å². The van der Waals surface area contributed by atoms with Crippen molar-refractivity contribution in [3.8, 4) is 5.75 Å². The number of alkyl halides is 3. The second-order valence-electron chi connectivity index (χ2n) is 3.37. The average Bonchev–Trinajstić information content (AvgIpc) is 2.33. The lowest BCUT2D eigenvalue weighted by Crippen LogP contribution is -2.17. The monoisotopic (exact) mass is 295 g/mol. The summed E-state index contributed by atoms with van der Waals surface area (Å²) in [7, 11) is 0. The van der Waals surface area contributed by atoms with Gasteiger partial charge in [-0.15, -0.1) is 0 Å². The van der Waals surface area contributed by atoms with E-state index in [-0.39, 0.29) is 30.7 Å². The molecule has 1 aromatic carbocycles.